The molecule has 0 bridgehead atoms. The third-order valence-electron chi connectivity index (χ3n) is 2.55. The summed E-state index contributed by atoms with van der Waals surface area (Å²) in [6, 6.07) is 1.84. The van der Waals surface area contributed by atoms with Crippen LogP contribution in [-0.4, -0.2) is 37.7 Å². The molecular formula is C14H18ClN3O5. The third-order valence-corrected chi connectivity index (χ3v) is 2.87. The van der Waals surface area contributed by atoms with Crippen LogP contribution in [0, 0.1) is 0 Å². The van der Waals surface area contributed by atoms with Crippen LogP contribution in [0.15, 0.2) is 12.1 Å². The van der Waals surface area contributed by atoms with Crippen LogP contribution in [0.25, 0.3) is 0 Å². The summed E-state index contributed by atoms with van der Waals surface area (Å²) in [6.07, 6.45) is 0. The van der Waals surface area contributed by atoms with Gasteiger partial charge in [0.2, 0.25) is 0 Å². The maximum Gasteiger partial charge on any atom is 0.342 e. The molecule has 0 heterocycles. The van der Waals surface area contributed by atoms with Crippen molar-refractivity contribution < 1.29 is 23.9 Å². The van der Waals surface area contributed by atoms with Crippen LogP contribution < -0.4 is 21.1 Å². The smallest absolute Gasteiger partial charge is 0.342 e. The Bertz CT molecular complexity index is 619. The number of carbonyl (C=O) groups is 3. The second kappa shape index (κ2) is 8.23. The van der Waals surface area contributed by atoms with Crippen LogP contribution in [0.1, 0.15) is 24.2 Å². The van der Waals surface area contributed by atoms with E-state index in [-0.39, 0.29) is 28.1 Å². The molecule has 0 aromatic heterocycles. The number of nitrogens with one attached hydrogen (secondary N) is 2. The lowest BCUT2D eigenvalue weighted by Crippen LogP contribution is -2.44. The second-order valence-corrected chi connectivity index (χ2v) is 5.23. The van der Waals surface area contributed by atoms with Gasteiger partial charge in [0.25, 0.3) is 5.91 Å². The van der Waals surface area contributed by atoms with E-state index in [0.29, 0.717) is 0 Å². The molecule has 0 radical (unpaired) electrons. The van der Waals surface area contributed by atoms with E-state index < -0.39 is 24.5 Å². The van der Waals surface area contributed by atoms with Crippen molar-refractivity contribution in [3.8, 4) is 5.75 Å². The van der Waals surface area contributed by atoms with Gasteiger partial charge in [0.1, 0.15) is 11.3 Å². The quantitative estimate of drug-likeness (QED) is 0.548. The highest BCUT2D eigenvalue weighted by atomic mass is 35.5. The van der Waals surface area contributed by atoms with Gasteiger partial charge in [0.05, 0.1) is 17.8 Å². The lowest BCUT2D eigenvalue weighted by molar-refractivity contribution is -0.123. The van der Waals surface area contributed by atoms with Gasteiger partial charge in [-0.3, -0.25) is 10.1 Å². The Morgan fingerprint density at radius 1 is 1.30 bits per heavy atom. The zero-order valence-electron chi connectivity index (χ0n) is 12.9. The van der Waals surface area contributed by atoms with Gasteiger partial charge in [0, 0.05) is 12.1 Å². The monoisotopic (exact) mass is 343 g/mol. The lowest BCUT2D eigenvalue weighted by atomic mass is 10.2. The molecule has 0 fully saturated rings. The summed E-state index contributed by atoms with van der Waals surface area (Å²) in [7, 11) is 1.35. The van der Waals surface area contributed by atoms with Crippen LogP contribution >= 0.6 is 11.6 Å². The predicted molar refractivity (Wildman–Crippen MR) is 84.5 cm³/mol. The molecule has 1 aromatic carbocycles. The van der Waals surface area contributed by atoms with Gasteiger partial charge in [-0.1, -0.05) is 11.6 Å². The Balaban J connectivity index is 2.65. The van der Waals surface area contributed by atoms with Crippen LogP contribution in [0.3, 0.4) is 0 Å². The van der Waals surface area contributed by atoms with E-state index in [9.17, 15) is 14.4 Å². The fourth-order valence-electron chi connectivity index (χ4n) is 1.57. The summed E-state index contributed by atoms with van der Waals surface area (Å²) in [5.74, 6) is -1.44. The zero-order valence-corrected chi connectivity index (χ0v) is 13.7. The van der Waals surface area contributed by atoms with Gasteiger partial charge in [-0.15, -0.1) is 0 Å². The molecule has 9 heteroatoms. The zero-order chi connectivity index (χ0) is 17.6. The molecule has 0 atom stereocenters. The molecule has 3 amide bonds. The number of halogens is 1. The number of hydrogen-bond donors (Lipinski definition) is 3. The number of amides is 3. The number of hydrogen-bond acceptors (Lipinski definition) is 6. The second-order valence-electron chi connectivity index (χ2n) is 4.83. The van der Waals surface area contributed by atoms with E-state index in [1.165, 1.54) is 19.2 Å². The molecule has 0 aliphatic rings. The van der Waals surface area contributed by atoms with Crippen molar-refractivity contribution in [1.82, 2.24) is 10.6 Å². The van der Waals surface area contributed by atoms with Crippen molar-refractivity contribution in [2.24, 2.45) is 0 Å². The Morgan fingerprint density at radius 2 is 1.96 bits per heavy atom. The summed E-state index contributed by atoms with van der Waals surface area (Å²) in [6.45, 7) is 2.85. The maximum absolute atomic E-state index is 12.0. The molecule has 23 heavy (non-hydrogen) atoms. The van der Waals surface area contributed by atoms with Crippen LogP contribution in [-0.2, 0) is 9.53 Å². The Hall–Kier alpha value is -2.48. The van der Waals surface area contributed by atoms with E-state index in [0.717, 1.165) is 0 Å². The first-order valence-electron chi connectivity index (χ1n) is 6.65. The highest BCUT2D eigenvalue weighted by Crippen LogP contribution is 2.29. The Labute approximate surface area is 138 Å². The number of rotatable bonds is 5. The minimum Gasteiger partial charge on any atom is -0.496 e. The van der Waals surface area contributed by atoms with E-state index in [2.05, 4.69) is 5.32 Å². The summed E-state index contributed by atoms with van der Waals surface area (Å²) in [4.78, 5) is 34.8. The summed E-state index contributed by atoms with van der Waals surface area (Å²) in [5, 5.41) is 4.64. The van der Waals surface area contributed by atoms with Gasteiger partial charge in [-0.05, 0) is 19.9 Å². The molecule has 1 aromatic rings. The topological polar surface area (TPSA) is 120 Å². The third kappa shape index (κ3) is 5.67. The van der Waals surface area contributed by atoms with Gasteiger partial charge in [-0.2, -0.15) is 0 Å². The van der Waals surface area contributed by atoms with Crippen molar-refractivity contribution in [2.75, 3.05) is 19.5 Å². The Morgan fingerprint density at radius 3 is 2.52 bits per heavy atom. The maximum atomic E-state index is 12.0. The molecule has 0 aliphatic carbocycles. The van der Waals surface area contributed by atoms with E-state index >= 15 is 0 Å². The summed E-state index contributed by atoms with van der Waals surface area (Å²) >= 11 is 5.85. The molecule has 8 nitrogen and oxygen atoms in total. The fourth-order valence-corrected chi connectivity index (χ4v) is 1.73. The number of carbonyl (C=O) groups excluding carboxylic acids is 3. The average molecular weight is 344 g/mol. The lowest BCUT2D eigenvalue weighted by Gasteiger charge is -2.11. The normalized spacial score (nSPS) is 10.1. The van der Waals surface area contributed by atoms with Crippen molar-refractivity contribution in [2.45, 2.75) is 19.9 Å². The number of imide groups is 1. The molecule has 0 spiro atoms. The van der Waals surface area contributed by atoms with Crippen molar-refractivity contribution >= 4 is 35.2 Å². The number of esters is 1. The summed E-state index contributed by atoms with van der Waals surface area (Å²) in [5.41, 5.74) is 5.87. The molecular weight excluding hydrogens is 326 g/mol. The van der Waals surface area contributed by atoms with Crippen molar-refractivity contribution in [3.05, 3.63) is 22.7 Å². The first kappa shape index (κ1) is 18.6. The van der Waals surface area contributed by atoms with E-state index in [4.69, 9.17) is 26.8 Å². The number of nitrogens with two attached hydrogens (primary N) is 1. The SMILES string of the molecule is COc1cc(N)c(Cl)cc1C(=O)OCC(=O)NC(=O)NC(C)C. The van der Waals surface area contributed by atoms with Crippen LogP contribution in [0.5, 0.6) is 5.75 Å². The number of urea groups is 1. The number of ether oxygens (including phenoxy) is 2. The van der Waals surface area contributed by atoms with E-state index in [1.54, 1.807) is 13.8 Å². The first-order valence-corrected chi connectivity index (χ1v) is 7.02. The van der Waals surface area contributed by atoms with Gasteiger partial charge >= 0.3 is 12.0 Å². The van der Waals surface area contributed by atoms with Crippen molar-refractivity contribution in [3.63, 3.8) is 0 Å². The fraction of sp³-hybridized carbons (Fsp3) is 0.357. The predicted octanol–water partition coefficient (Wildman–Crippen LogP) is 1.32. The molecule has 0 aliphatic heterocycles. The van der Waals surface area contributed by atoms with Crippen LogP contribution in [0.4, 0.5) is 10.5 Å². The van der Waals surface area contributed by atoms with Crippen LogP contribution in [0.2, 0.25) is 5.02 Å². The molecule has 4 N–H and O–H groups in total. The molecule has 126 valence electrons. The van der Waals surface area contributed by atoms with Crippen molar-refractivity contribution in [1.29, 1.82) is 0 Å². The number of nitrogen functional groups attached to an aromatic ring is 1. The number of benzene rings is 1. The highest BCUT2D eigenvalue weighted by molar-refractivity contribution is 6.33. The summed E-state index contributed by atoms with van der Waals surface area (Å²) < 4.78 is 9.84. The minimum absolute atomic E-state index is 0.0196. The molecule has 1 rings (SSSR count). The largest absolute Gasteiger partial charge is 0.496 e. The molecule has 0 unspecified atom stereocenters. The minimum atomic E-state index is -0.830. The van der Waals surface area contributed by atoms with Gasteiger partial charge in [0.15, 0.2) is 6.61 Å². The first-order chi connectivity index (χ1) is 10.7. The highest BCUT2D eigenvalue weighted by Gasteiger charge is 2.18. The molecule has 0 saturated heterocycles. The average Bonchev–Trinajstić information content (AvgIpc) is 2.46. The number of methoxy groups -OCH3 is 1. The number of anilines is 1. The van der Waals surface area contributed by atoms with E-state index in [1.807, 2.05) is 5.32 Å². The van der Waals surface area contributed by atoms with Gasteiger partial charge in [-0.25, -0.2) is 9.59 Å². The Kier molecular flexibility index (Phi) is 6.65. The standard InChI is InChI=1S/C14H18ClN3O5/c1-7(2)17-14(21)18-12(19)6-23-13(20)8-4-9(15)10(16)5-11(8)22-3/h4-5,7H,6,16H2,1-3H3,(H2,17,18,19,21). The van der Waals surface area contributed by atoms with Gasteiger partial charge < -0.3 is 20.5 Å². The molecule has 0 saturated carbocycles.